The van der Waals surface area contributed by atoms with Gasteiger partial charge >= 0.3 is 5.97 Å². The molecule has 0 amide bonds. The zero-order valence-corrected chi connectivity index (χ0v) is 11.5. The van der Waals surface area contributed by atoms with Crippen LogP contribution in [0.1, 0.15) is 59.3 Å². The Morgan fingerprint density at radius 2 is 2.00 bits per heavy atom. The molecule has 1 fully saturated rings. The maximum Gasteiger partial charge on any atom is 0.323 e. The summed E-state index contributed by atoms with van der Waals surface area (Å²) < 4.78 is 5.12. The van der Waals surface area contributed by atoms with E-state index in [0.717, 1.165) is 18.8 Å². The highest BCUT2D eigenvalue weighted by molar-refractivity contribution is 5.75. The van der Waals surface area contributed by atoms with Crippen LogP contribution in [0.5, 0.6) is 0 Å². The summed E-state index contributed by atoms with van der Waals surface area (Å²) in [5.74, 6) is 0.656. The highest BCUT2D eigenvalue weighted by Gasteiger charge is 2.26. The van der Waals surface area contributed by atoms with Crippen molar-refractivity contribution < 1.29 is 9.53 Å². The Morgan fingerprint density at radius 3 is 2.53 bits per heavy atom. The molecule has 1 saturated carbocycles. The third-order valence-electron chi connectivity index (χ3n) is 3.72. The number of rotatable bonds is 7. The number of hydrogen-bond donors (Lipinski definition) is 1. The van der Waals surface area contributed by atoms with Crippen LogP contribution in [0.15, 0.2) is 0 Å². The second kappa shape index (κ2) is 7.70. The largest absolute Gasteiger partial charge is 0.465 e. The minimum atomic E-state index is -0.115. The summed E-state index contributed by atoms with van der Waals surface area (Å²) >= 11 is 0. The molecular weight excluding hydrogens is 214 g/mol. The average molecular weight is 241 g/mol. The van der Waals surface area contributed by atoms with E-state index in [4.69, 9.17) is 4.74 Å². The van der Waals surface area contributed by atoms with Gasteiger partial charge in [0.25, 0.3) is 0 Å². The molecule has 1 unspecified atom stereocenters. The standard InChI is InChI=1S/C14H27NO2/c1-4-8-13(14(16)17-5-2)15-11(3)12-9-6-7-10-12/h11-13,15H,4-10H2,1-3H3/t11-,13?/m1/s1. The zero-order valence-electron chi connectivity index (χ0n) is 11.5. The van der Waals surface area contributed by atoms with Crippen LogP contribution >= 0.6 is 0 Å². The molecule has 17 heavy (non-hydrogen) atoms. The monoisotopic (exact) mass is 241 g/mol. The van der Waals surface area contributed by atoms with E-state index < -0.39 is 0 Å². The van der Waals surface area contributed by atoms with Crippen molar-refractivity contribution in [2.24, 2.45) is 5.92 Å². The highest BCUT2D eigenvalue weighted by atomic mass is 16.5. The number of carbonyl (C=O) groups is 1. The van der Waals surface area contributed by atoms with Gasteiger partial charge in [-0.05, 0) is 39.0 Å². The second-order valence-corrected chi connectivity index (χ2v) is 5.09. The summed E-state index contributed by atoms with van der Waals surface area (Å²) in [5.41, 5.74) is 0. The minimum absolute atomic E-state index is 0.0841. The maximum absolute atomic E-state index is 11.8. The van der Waals surface area contributed by atoms with Gasteiger partial charge in [-0.3, -0.25) is 4.79 Å². The van der Waals surface area contributed by atoms with Crippen LogP contribution in [0, 0.1) is 5.92 Å². The van der Waals surface area contributed by atoms with Crippen molar-refractivity contribution in [3.63, 3.8) is 0 Å². The first-order chi connectivity index (χ1) is 8.19. The molecule has 0 bridgehead atoms. The Kier molecular flexibility index (Phi) is 6.56. The van der Waals surface area contributed by atoms with Crippen LogP contribution in [-0.2, 0) is 9.53 Å². The van der Waals surface area contributed by atoms with E-state index in [2.05, 4.69) is 19.2 Å². The van der Waals surface area contributed by atoms with E-state index in [9.17, 15) is 4.79 Å². The van der Waals surface area contributed by atoms with Gasteiger partial charge in [0.15, 0.2) is 0 Å². The number of hydrogen-bond acceptors (Lipinski definition) is 3. The predicted octanol–water partition coefficient (Wildman–Crippen LogP) is 2.89. The van der Waals surface area contributed by atoms with Crippen LogP contribution in [0.25, 0.3) is 0 Å². The van der Waals surface area contributed by atoms with Crippen molar-refractivity contribution in [3.8, 4) is 0 Å². The Morgan fingerprint density at radius 1 is 1.35 bits per heavy atom. The first-order valence-electron chi connectivity index (χ1n) is 7.11. The fourth-order valence-corrected chi connectivity index (χ4v) is 2.71. The lowest BCUT2D eigenvalue weighted by Crippen LogP contribution is -2.45. The Bertz CT molecular complexity index is 224. The average Bonchev–Trinajstić information content (AvgIpc) is 2.82. The first-order valence-corrected chi connectivity index (χ1v) is 7.11. The molecule has 0 aliphatic heterocycles. The van der Waals surface area contributed by atoms with E-state index in [-0.39, 0.29) is 12.0 Å². The number of carbonyl (C=O) groups excluding carboxylic acids is 1. The molecule has 0 aromatic carbocycles. The predicted molar refractivity (Wildman–Crippen MR) is 69.9 cm³/mol. The summed E-state index contributed by atoms with van der Waals surface area (Å²) in [4.78, 5) is 11.8. The van der Waals surface area contributed by atoms with Crippen molar-refractivity contribution in [1.29, 1.82) is 0 Å². The van der Waals surface area contributed by atoms with Gasteiger partial charge < -0.3 is 10.1 Å². The van der Waals surface area contributed by atoms with Gasteiger partial charge in [0, 0.05) is 6.04 Å². The topological polar surface area (TPSA) is 38.3 Å². The molecule has 1 rings (SSSR count). The third-order valence-corrected chi connectivity index (χ3v) is 3.72. The molecule has 0 spiro atoms. The van der Waals surface area contributed by atoms with Crippen molar-refractivity contribution in [2.75, 3.05) is 6.61 Å². The Hall–Kier alpha value is -0.570. The Balaban J connectivity index is 2.43. The van der Waals surface area contributed by atoms with Crippen LogP contribution < -0.4 is 5.32 Å². The fraction of sp³-hybridized carbons (Fsp3) is 0.929. The van der Waals surface area contributed by atoms with E-state index >= 15 is 0 Å². The molecule has 0 radical (unpaired) electrons. The van der Waals surface area contributed by atoms with Crippen LogP contribution in [0.2, 0.25) is 0 Å². The minimum Gasteiger partial charge on any atom is -0.465 e. The summed E-state index contributed by atoms with van der Waals surface area (Å²) in [6, 6.07) is 0.314. The van der Waals surface area contributed by atoms with Gasteiger partial charge in [0.2, 0.25) is 0 Å². The number of esters is 1. The Labute approximate surface area is 105 Å². The van der Waals surface area contributed by atoms with Crippen LogP contribution in [0.3, 0.4) is 0 Å². The van der Waals surface area contributed by atoms with Gasteiger partial charge in [-0.25, -0.2) is 0 Å². The van der Waals surface area contributed by atoms with Gasteiger partial charge in [0.1, 0.15) is 6.04 Å². The lowest BCUT2D eigenvalue weighted by atomic mass is 9.98. The summed E-state index contributed by atoms with van der Waals surface area (Å²) in [7, 11) is 0. The smallest absolute Gasteiger partial charge is 0.323 e. The molecule has 1 aliphatic carbocycles. The molecule has 0 aromatic heterocycles. The third kappa shape index (κ3) is 4.66. The molecule has 0 heterocycles. The number of ether oxygens (including phenoxy) is 1. The lowest BCUT2D eigenvalue weighted by molar-refractivity contribution is -0.146. The van der Waals surface area contributed by atoms with Crippen molar-refractivity contribution in [2.45, 2.75) is 71.4 Å². The molecule has 1 N–H and O–H groups in total. The van der Waals surface area contributed by atoms with Crippen LogP contribution in [-0.4, -0.2) is 24.7 Å². The van der Waals surface area contributed by atoms with Gasteiger partial charge in [-0.15, -0.1) is 0 Å². The van der Waals surface area contributed by atoms with E-state index in [0.29, 0.717) is 12.6 Å². The SMILES string of the molecule is CCCC(N[C@H](C)C1CCCC1)C(=O)OCC. The summed E-state index contributed by atoms with van der Waals surface area (Å²) in [6.45, 7) is 6.64. The quantitative estimate of drug-likeness (QED) is 0.697. The van der Waals surface area contributed by atoms with Crippen molar-refractivity contribution in [1.82, 2.24) is 5.32 Å². The maximum atomic E-state index is 11.8. The normalized spacial score (nSPS) is 20.2. The summed E-state index contributed by atoms with van der Waals surface area (Å²) in [5, 5.41) is 3.47. The van der Waals surface area contributed by atoms with E-state index in [1.54, 1.807) is 0 Å². The lowest BCUT2D eigenvalue weighted by Gasteiger charge is -2.25. The van der Waals surface area contributed by atoms with Gasteiger partial charge in [0.05, 0.1) is 6.61 Å². The molecule has 3 nitrogen and oxygen atoms in total. The highest BCUT2D eigenvalue weighted by Crippen LogP contribution is 2.27. The molecular formula is C14H27NO2. The first kappa shape index (κ1) is 14.5. The molecule has 2 atom stereocenters. The number of nitrogens with one attached hydrogen (secondary N) is 1. The van der Waals surface area contributed by atoms with Crippen molar-refractivity contribution in [3.05, 3.63) is 0 Å². The molecule has 100 valence electrons. The molecule has 1 aliphatic rings. The zero-order chi connectivity index (χ0) is 12.7. The fourth-order valence-electron chi connectivity index (χ4n) is 2.71. The summed E-state index contributed by atoms with van der Waals surface area (Å²) in [6.07, 6.45) is 7.17. The molecule has 0 aromatic rings. The molecule has 0 saturated heterocycles. The van der Waals surface area contributed by atoms with Gasteiger partial charge in [-0.1, -0.05) is 26.2 Å². The van der Waals surface area contributed by atoms with Crippen molar-refractivity contribution >= 4 is 5.97 Å². The van der Waals surface area contributed by atoms with Gasteiger partial charge in [-0.2, -0.15) is 0 Å². The van der Waals surface area contributed by atoms with Crippen LogP contribution in [0.4, 0.5) is 0 Å². The van der Waals surface area contributed by atoms with E-state index in [1.165, 1.54) is 25.7 Å². The molecule has 3 heteroatoms. The second-order valence-electron chi connectivity index (χ2n) is 5.09. The van der Waals surface area contributed by atoms with E-state index in [1.807, 2.05) is 6.92 Å².